The van der Waals surface area contributed by atoms with Crippen molar-refractivity contribution in [1.82, 2.24) is 14.1 Å². The monoisotopic (exact) mass is 407 g/mol. The van der Waals surface area contributed by atoms with Gasteiger partial charge in [0.2, 0.25) is 0 Å². The molecule has 4 heteroatoms. The van der Waals surface area contributed by atoms with Crippen LogP contribution in [0.3, 0.4) is 0 Å². The van der Waals surface area contributed by atoms with E-state index in [4.69, 9.17) is 4.98 Å². The zero-order chi connectivity index (χ0) is 21.4. The van der Waals surface area contributed by atoms with E-state index in [1.807, 2.05) is 36.4 Å². The Bertz CT molecular complexity index is 1420. The predicted molar refractivity (Wildman–Crippen MR) is 127 cm³/mol. The molecule has 0 aliphatic carbocycles. The van der Waals surface area contributed by atoms with Crippen molar-refractivity contribution in [2.45, 2.75) is 32.9 Å². The molecule has 0 radical (unpaired) electrons. The molecule has 0 unspecified atom stereocenters. The van der Waals surface area contributed by atoms with Gasteiger partial charge in [0.15, 0.2) is 0 Å². The lowest BCUT2D eigenvalue weighted by atomic mass is 10.0. The van der Waals surface area contributed by atoms with Crippen molar-refractivity contribution in [2.24, 2.45) is 0 Å². The summed E-state index contributed by atoms with van der Waals surface area (Å²) in [6.45, 7) is 5.45. The molecule has 2 heterocycles. The maximum atomic E-state index is 13.7. The Morgan fingerprint density at radius 1 is 0.935 bits per heavy atom. The van der Waals surface area contributed by atoms with Crippen LogP contribution in [0.5, 0.6) is 0 Å². The summed E-state index contributed by atoms with van der Waals surface area (Å²) in [6, 6.07) is 26.9. The number of nitrogens with zero attached hydrogens (tertiary/aromatic N) is 3. The average Bonchev–Trinajstić information content (AvgIpc) is 3.10. The van der Waals surface area contributed by atoms with Gasteiger partial charge in [-0.3, -0.25) is 9.36 Å². The Morgan fingerprint density at radius 3 is 2.39 bits per heavy atom. The molecule has 5 aromatic rings. The summed E-state index contributed by atoms with van der Waals surface area (Å²) in [7, 11) is 0. The summed E-state index contributed by atoms with van der Waals surface area (Å²) < 4.78 is 3.88. The third-order valence-electron chi connectivity index (χ3n) is 6.00. The quantitative estimate of drug-likeness (QED) is 0.385. The van der Waals surface area contributed by atoms with Crippen LogP contribution in [0.15, 0.2) is 90.0 Å². The second kappa shape index (κ2) is 7.88. The second-order valence-electron chi connectivity index (χ2n) is 8.30. The predicted octanol–water partition coefficient (Wildman–Crippen LogP) is 5.51. The van der Waals surface area contributed by atoms with E-state index in [2.05, 4.69) is 60.9 Å². The summed E-state index contributed by atoms with van der Waals surface area (Å²) in [4.78, 5) is 18.4. The van der Waals surface area contributed by atoms with Crippen LogP contribution in [0.2, 0.25) is 0 Å². The van der Waals surface area contributed by atoms with E-state index < -0.39 is 0 Å². The first-order valence-corrected chi connectivity index (χ1v) is 10.7. The highest BCUT2D eigenvalue weighted by atomic mass is 16.1. The lowest BCUT2D eigenvalue weighted by molar-refractivity contribution is 0.575. The van der Waals surface area contributed by atoms with Gasteiger partial charge in [-0.15, -0.1) is 0 Å². The molecule has 5 rings (SSSR count). The van der Waals surface area contributed by atoms with Gasteiger partial charge < -0.3 is 4.57 Å². The SMILES string of the molecule is Cc1ccc2c(c1)c1ncn(C[C@@H](C)c3ccccc3)c(=O)c1n2Cc1ccccc1. The van der Waals surface area contributed by atoms with Crippen LogP contribution in [-0.2, 0) is 13.1 Å². The van der Waals surface area contributed by atoms with Crippen molar-refractivity contribution in [1.29, 1.82) is 0 Å². The smallest absolute Gasteiger partial charge is 0.277 e. The molecule has 31 heavy (non-hydrogen) atoms. The van der Waals surface area contributed by atoms with Gasteiger partial charge in [0, 0.05) is 18.5 Å². The first kappa shape index (κ1) is 19.3. The second-order valence-corrected chi connectivity index (χ2v) is 8.30. The molecule has 0 N–H and O–H groups in total. The highest BCUT2D eigenvalue weighted by Crippen LogP contribution is 2.27. The number of aromatic nitrogens is 3. The maximum absolute atomic E-state index is 13.7. The zero-order valence-corrected chi connectivity index (χ0v) is 17.8. The molecule has 0 spiro atoms. The molecule has 0 aliphatic rings. The molecule has 4 nitrogen and oxygen atoms in total. The van der Waals surface area contributed by atoms with E-state index in [1.54, 1.807) is 10.9 Å². The Kier molecular flexibility index (Phi) is 4.91. The fourth-order valence-corrected chi connectivity index (χ4v) is 4.36. The number of fused-ring (bicyclic) bond motifs is 3. The van der Waals surface area contributed by atoms with E-state index in [0.29, 0.717) is 18.6 Å². The van der Waals surface area contributed by atoms with Crippen LogP contribution in [0.25, 0.3) is 21.9 Å². The fraction of sp³-hybridized carbons (Fsp3) is 0.185. The van der Waals surface area contributed by atoms with Gasteiger partial charge in [0.1, 0.15) is 11.0 Å². The molecule has 154 valence electrons. The highest BCUT2D eigenvalue weighted by Gasteiger charge is 2.18. The number of benzene rings is 3. The minimum atomic E-state index is 0.0116. The topological polar surface area (TPSA) is 39.8 Å². The lowest BCUT2D eigenvalue weighted by Crippen LogP contribution is -2.24. The molecular weight excluding hydrogens is 382 g/mol. The van der Waals surface area contributed by atoms with E-state index in [9.17, 15) is 4.79 Å². The third kappa shape index (κ3) is 3.55. The Balaban J connectivity index is 1.67. The Morgan fingerprint density at radius 2 is 1.65 bits per heavy atom. The molecule has 1 atom stereocenters. The van der Waals surface area contributed by atoms with Crippen molar-refractivity contribution in [3.63, 3.8) is 0 Å². The van der Waals surface area contributed by atoms with Gasteiger partial charge in [-0.05, 0) is 36.1 Å². The molecule has 0 bridgehead atoms. The standard InChI is InChI=1S/C27H25N3O/c1-19-13-14-24-23(15-19)25-26(30(24)17-21-9-5-3-6-10-21)27(31)29(18-28-25)16-20(2)22-11-7-4-8-12-22/h3-15,18,20H,16-17H2,1-2H3/t20-/m1/s1. The van der Waals surface area contributed by atoms with Gasteiger partial charge >= 0.3 is 0 Å². The van der Waals surface area contributed by atoms with Crippen molar-refractivity contribution in [2.75, 3.05) is 0 Å². The van der Waals surface area contributed by atoms with Gasteiger partial charge in [-0.2, -0.15) is 0 Å². The molecule has 0 fully saturated rings. The van der Waals surface area contributed by atoms with Crippen LogP contribution in [0, 0.1) is 6.92 Å². The van der Waals surface area contributed by atoms with E-state index in [1.165, 1.54) is 5.56 Å². The molecule has 0 saturated carbocycles. The van der Waals surface area contributed by atoms with Crippen molar-refractivity contribution >= 4 is 21.9 Å². The summed E-state index contributed by atoms with van der Waals surface area (Å²) in [5, 5.41) is 1.03. The summed E-state index contributed by atoms with van der Waals surface area (Å²) in [6.07, 6.45) is 1.71. The van der Waals surface area contributed by atoms with Crippen LogP contribution in [-0.4, -0.2) is 14.1 Å². The highest BCUT2D eigenvalue weighted by molar-refractivity contribution is 6.05. The lowest BCUT2D eigenvalue weighted by Gasteiger charge is -2.14. The number of hydrogen-bond acceptors (Lipinski definition) is 2. The van der Waals surface area contributed by atoms with E-state index >= 15 is 0 Å². The third-order valence-corrected chi connectivity index (χ3v) is 6.00. The summed E-state index contributed by atoms with van der Waals surface area (Å²) in [5.74, 6) is 0.215. The molecule has 0 saturated heterocycles. The van der Waals surface area contributed by atoms with Gasteiger partial charge in [0.05, 0.1) is 11.8 Å². The number of rotatable bonds is 5. The Labute approximate surface area is 181 Å². The van der Waals surface area contributed by atoms with Crippen molar-refractivity contribution in [3.05, 3.63) is 112 Å². The molecular formula is C27H25N3O. The minimum absolute atomic E-state index is 0.0116. The fourth-order valence-electron chi connectivity index (χ4n) is 4.36. The van der Waals surface area contributed by atoms with Crippen molar-refractivity contribution < 1.29 is 0 Å². The van der Waals surface area contributed by atoms with E-state index in [0.717, 1.165) is 27.5 Å². The largest absolute Gasteiger partial charge is 0.330 e. The summed E-state index contributed by atoms with van der Waals surface area (Å²) in [5.41, 5.74) is 6.05. The van der Waals surface area contributed by atoms with Gasteiger partial charge in [-0.25, -0.2) is 4.98 Å². The molecule has 0 aliphatic heterocycles. The molecule has 0 amide bonds. The van der Waals surface area contributed by atoms with Crippen molar-refractivity contribution in [3.8, 4) is 0 Å². The minimum Gasteiger partial charge on any atom is -0.330 e. The molecule has 3 aromatic carbocycles. The molecule has 2 aromatic heterocycles. The van der Waals surface area contributed by atoms with Crippen LogP contribution in [0.1, 0.15) is 29.5 Å². The van der Waals surface area contributed by atoms with Gasteiger partial charge in [0.25, 0.3) is 5.56 Å². The van der Waals surface area contributed by atoms with Crippen LogP contribution in [0.4, 0.5) is 0 Å². The summed E-state index contributed by atoms with van der Waals surface area (Å²) >= 11 is 0. The Hall–Kier alpha value is -3.66. The first-order valence-electron chi connectivity index (χ1n) is 10.7. The maximum Gasteiger partial charge on any atom is 0.277 e. The van der Waals surface area contributed by atoms with Gasteiger partial charge in [-0.1, -0.05) is 79.2 Å². The first-order chi connectivity index (χ1) is 15.1. The zero-order valence-electron chi connectivity index (χ0n) is 17.8. The number of hydrogen-bond donors (Lipinski definition) is 0. The number of aryl methyl sites for hydroxylation is 1. The van der Waals surface area contributed by atoms with Crippen LogP contribution < -0.4 is 5.56 Å². The average molecular weight is 408 g/mol. The normalized spacial score (nSPS) is 12.5. The van der Waals surface area contributed by atoms with Crippen LogP contribution >= 0.6 is 0 Å². The van der Waals surface area contributed by atoms with E-state index in [-0.39, 0.29) is 11.5 Å².